The van der Waals surface area contributed by atoms with Gasteiger partial charge in [-0.1, -0.05) is 38.1 Å². The maximum absolute atomic E-state index is 12.1. The average molecular weight is 386 g/mol. The normalized spacial score (nSPS) is 11.2. The van der Waals surface area contributed by atoms with Crippen molar-refractivity contribution in [3.05, 3.63) is 65.2 Å². The van der Waals surface area contributed by atoms with Crippen molar-refractivity contribution in [1.29, 1.82) is 5.26 Å². The first-order valence-electron chi connectivity index (χ1n) is 8.56. The van der Waals surface area contributed by atoms with Crippen molar-refractivity contribution in [2.75, 3.05) is 6.54 Å². The molecule has 0 saturated carbocycles. The van der Waals surface area contributed by atoms with Gasteiger partial charge in [-0.25, -0.2) is 17.9 Å². The Morgan fingerprint density at radius 1 is 1.11 bits per heavy atom. The molecule has 0 bridgehead atoms. The average Bonchev–Trinajstić information content (AvgIpc) is 2.66. The molecular formula is C20H22N2O4S. The molecule has 0 aliphatic rings. The van der Waals surface area contributed by atoms with Gasteiger partial charge in [0.1, 0.15) is 6.61 Å². The Balaban J connectivity index is 1.96. The fourth-order valence-corrected chi connectivity index (χ4v) is 3.36. The lowest BCUT2D eigenvalue weighted by Crippen LogP contribution is -2.24. The van der Waals surface area contributed by atoms with Crippen LogP contribution < -0.4 is 4.72 Å². The third-order valence-electron chi connectivity index (χ3n) is 3.95. The predicted octanol–water partition coefficient (Wildman–Crippen LogP) is 3.36. The van der Waals surface area contributed by atoms with Crippen LogP contribution in [0, 0.1) is 11.3 Å². The number of carbonyl (C=O) groups excluding carboxylic acids is 1. The minimum Gasteiger partial charge on any atom is -0.457 e. The van der Waals surface area contributed by atoms with Gasteiger partial charge in [0, 0.05) is 13.0 Å². The molecule has 0 unspecified atom stereocenters. The molecule has 0 atom stereocenters. The first-order chi connectivity index (χ1) is 12.8. The van der Waals surface area contributed by atoms with Gasteiger partial charge < -0.3 is 4.74 Å². The van der Waals surface area contributed by atoms with Crippen LogP contribution in [0.5, 0.6) is 0 Å². The van der Waals surface area contributed by atoms with Crippen LogP contribution in [0.2, 0.25) is 0 Å². The molecule has 0 radical (unpaired) electrons. The second-order valence-corrected chi connectivity index (χ2v) is 8.07. The van der Waals surface area contributed by atoms with Crippen molar-refractivity contribution < 1.29 is 17.9 Å². The molecule has 7 heteroatoms. The largest absolute Gasteiger partial charge is 0.457 e. The van der Waals surface area contributed by atoms with Gasteiger partial charge in [0.2, 0.25) is 10.0 Å². The summed E-state index contributed by atoms with van der Waals surface area (Å²) in [6.07, 6.45) is 0.0851. The molecule has 2 rings (SSSR count). The summed E-state index contributed by atoms with van der Waals surface area (Å²) in [5.41, 5.74) is 2.36. The van der Waals surface area contributed by atoms with Gasteiger partial charge in [-0.3, -0.25) is 0 Å². The topological polar surface area (TPSA) is 96.3 Å². The Kier molecular flexibility index (Phi) is 7.11. The van der Waals surface area contributed by atoms with Crippen molar-refractivity contribution >= 4 is 16.0 Å². The van der Waals surface area contributed by atoms with Crippen LogP contribution in [-0.2, 0) is 21.4 Å². The van der Waals surface area contributed by atoms with E-state index in [1.807, 2.05) is 30.3 Å². The lowest BCUT2D eigenvalue weighted by Gasteiger charge is -2.09. The number of sulfonamides is 1. The summed E-state index contributed by atoms with van der Waals surface area (Å²) in [5.74, 6) is -0.0879. The first-order valence-corrected chi connectivity index (χ1v) is 10.0. The summed E-state index contributed by atoms with van der Waals surface area (Å²) in [6.45, 7) is 4.40. The fraction of sp³-hybridized carbons (Fsp3) is 0.300. The summed E-state index contributed by atoms with van der Waals surface area (Å²) in [7, 11) is -3.69. The van der Waals surface area contributed by atoms with E-state index in [-0.39, 0.29) is 30.0 Å². The van der Waals surface area contributed by atoms with Crippen molar-refractivity contribution in [2.45, 2.75) is 37.7 Å². The molecular weight excluding hydrogens is 364 g/mol. The van der Waals surface area contributed by atoms with Crippen molar-refractivity contribution in [3.63, 3.8) is 0 Å². The Hall–Kier alpha value is -2.69. The molecule has 0 aromatic heterocycles. The molecule has 0 saturated heterocycles. The maximum atomic E-state index is 12.1. The van der Waals surface area contributed by atoms with E-state index >= 15 is 0 Å². The molecule has 0 fully saturated rings. The fourth-order valence-electron chi connectivity index (χ4n) is 2.33. The van der Waals surface area contributed by atoms with Crippen LogP contribution in [0.15, 0.2) is 53.4 Å². The highest BCUT2D eigenvalue weighted by Crippen LogP contribution is 2.16. The smallest absolute Gasteiger partial charge is 0.338 e. The van der Waals surface area contributed by atoms with Crippen LogP contribution >= 0.6 is 0 Å². The van der Waals surface area contributed by atoms with Gasteiger partial charge in [0.05, 0.1) is 16.5 Å². The summed E-state index contributed by atoms with van der Waals surface area (Å²) >= 11 is 0. The number of hydrogen-bond acceptors (Lipinski definition) is 5. The monoisotopic (exact) mass is 386 g/mol. The summed E-state index contributed by atoms with van der Waals surface area (Å²) in [4.78, 5) is 12.2. The molecule has 142 valence electrons. The van der Waals surface area contributed by atoms with E-state index in [9.17, 15) is 13.2 Å². The first kappa shape index (κ1) is 20.6. The number of carbonyl (C=O) groups is 1. The van der Waals surface area contributed by atoms with Gasteiger partial charge in [-0.05, 0) is 41.3 Å². The Bertz CT molecular complexity index is 912. The quantitative estimate of drug-likeness (QED) is 0.554. The second-order valence-electron chi connectivity index (χ2n) is 6.30. The minimum atomic E-state index is -3.69. The van der Waals surface area contributed by atoms with Crippen LogP contribution in [0.1, 0.15) is 47.7 Å². The number of nitrogens with zero attached hydrogens (tertiary/aromatic N) is 1. The van der Waals surface area contributed by atoms with E-state index in [0.717, 1.165) is 5.56 Å². The third-order valence-corrected chi connectivity index (χ3v) is 5.42. The molecule has 0 spiro atoms. The number of nitrogens with one attached hydrogen (secondary N) is 1. The third kappa shape index (κ3) is 5.91. The number of esters is 1. The maximum Gasteiger partial charge on any atom is 0.338 e. The van der Waals surface area contributed by atoms with Gasteiger partial charge in [-0.2, -0.15) is 5.26 Å². The number of hydrogen-bond donors (Lipinski definition) is 1. The predicted molar refractivity (Wildman–Crippen MR) is 102 cm³/mol. The van der Waals surface area contributed by atoms with E-state index in [2.05, 4.69) is 18.6 Å². The second kappa shape index (κ2) is 9.31. The Morgan fingerprint density at radius 3 is 2.30 bits per heavy atom. The van der Waals surface area contributed by atoms with E-state index < -0.39 is 16.0 Å². The van der Waals surface area contributed by atoms with Gasteiger partial charge >= 0.3 is 5.97 Å². The van der Waals surface area contributed by atoms with E-state index in [1.54, 1.807) is 0 Å². The molecule has 6 nitrogen and oxygen atoms in total. The van der Waals surface area contributed by atoms with Crippen LogP contribution in [0.25, 0.3) is 0 Å². The minimum absolute atomic E-state index is 0.0289. The van der Waals surface area contributed by atoms with Gasteiger partial charge in [0.15, 0.2) is 0 Å². The van der Waals surface area contributed by atoms with E-state index in [4.69, 9.17) is 10.00 Å². The number of rotatable bonds is 8. The molecule has 0 heterocycles. The van der Waals surface area contributed by atoms with Crippen molar-refractivity contribution in [2.24, 2.45) is 0 Å². The molecule has 2 aromatic rings. The highest BCUT2D eigenvalue weighted by Gasteiger charge is 2.15. The molecule has 0 aliphatic carbocycles. The lowest BCUT2D eigenvalue weighted by molar-refractivity contribution is 0.0472. The number of ether oxygens (including phenoxy) is 1. The molecule has 0 aliphatic heterocycles. The standard InChI is InChI=1S/C20H22N2O4S/c1-15(2)17-6-4-16(5-7-17)14-26-20(23)18-8-10-19(11-9-18)27(24,25)22-13-3-12-21/h4-11,15,22H,3,13-14H2,1-2H3. The zero-order valence-electron chi connectivity index (χ0n) is 15.3. The van der Waals surface area contributed by atoms with Crippen molar-refractivity contribution in [3.8, 4) is 6.07 Å². The zero-order valence-corrected chi connectivity index (χ0v) is 16.1. The van der Waals surface area contributed by atoms with E-state index in [0.29, 0.717) is 5.92 Å². The van der Waals surface area contributed by atoms with Crippen molar-refractivity contribution in [1.82, 2.24) is 4.72 Å². The zero-order chi connectivity index (χ0) is 19.9. The molecule has 1 N–H and O–H groups in total. The number of nitriles is 1. The van der Waals surface area contributed by atoms with E-state index in [1.165, 1.54) is 29.8 Å². The molecule has 2 aromatic carbocycles. The summed E-state index contributed by atoms with van der Waals surface area (Å²) < 4.78 is 31.7. The SMILES string of the molecule is CC(C)c1ccc(COC(=O)c2ccc(S(=O)(=O)NCCC#N)cc2)cc1. The molecule has 0 amide bonds. The Morgan fingerprint density at radius 2 is 1.74 bits per heavy atom. The lowest BCUT2D eigenvalue weighted by atomic mass is 10.0. The number of benzene rings is 2. The van der Waals surface area contributed by atoms with Gasteiger partial charge in [-0.15, -0.1) is 0 Å². The van der Waals surface area contributed by atoms with Crippen LogP contribution in [0.3, 0.4) is 0 Å². The van der Waals surface area contributed by atoms with Crippen LogP contribution in [0.4, 0.5) is 0 Å². The summed E-state index contributed by atoms with van der Waals surface area (Å²) in [6, 6.07) is 15.2. The van der Waals surface area contributed by atoms with Gasteiger partial charge in [0.25, 0.3) is 0 Å². The highest BCUT2D eigenvalue weighted by atomic mass is 32.2. The molecule has 27 heavy (non-hydrogen) atoms. The highest BCUT2D eigenvalue weighted by molar-refractivity contribution is 7.89. The Labute approximate surface area is 159 Å². The summed E-state index contributed by atoms with van der Waals surface area (Å²) in [5, 5.41) is 8.47. The van der Waals surface area contributed by atoms with Crippen LogP contribution in [-0.4, -0.2) is 20.9 Å².